The molecular formula is C27H37ClN2. The van der Waals surface area contributed by atoms with Crippen molar-refractivity contribution < 1.29 is 0 Å². The van der Waals surface area contributed by atoms with Gasteiger partial charge in [-0.2, -0.15) is 5.26 Å². The highest BCUT2D eigenvalue weighted by Gasteiger charge is 2.20. The van der Waals surface area contributed by atoms with Crippen molar-refractivity contribution in [2.24, 2.45) is 0 Å². The van der Waals surface area contributed by atoms with Crippen LogP contribution in [0.15, 0.2) is 54.6 Å². The first-order chi connectivity index (χ1) is 14.6. The molecular weight excluding hydrogens is 388 g/mol. The molecule has 1 aliphatic carbocycles. The number of nitriles is 1. The van der Waals surface area contributed by atoms with Gasteiger partial charge in [0.05, 0.1) is 6.07 Å². The van der Waals surface area contributed by atoms with Crippen LogP contribution in [0.1, 0.15) is 75.0 Å². The molecule has 1 saturated carbocycles. The Morgan fingerprint density at radius 3 is 2.17 bits per heavy atom. The monoisotopic (exact) mass is 424 g/mol. The van der Waals surface area contributed by atoms with Crippen LogP contribution in [0.4, 0.5) is 0 Å². The quantitative estimate of drug-likeness (QED) is 0.415. The maximum absolute atomic E-state index is 7.32. The molecule has 1 unspecified atom stereocenters. The first-order valence-corrected chi connectivity index (χ1v) is 11.8. The Morgan fingerprint density at radius 2 is 1.60 bits per heavy atom. The summed E-state index contributed by atoms with van der Waals surface area (Å²) in [5, 5.41) is 7.72. The maximum atomic E-state index is 7.32. The molecule has 3 rings (SSSR count). The van der Waals surface area contributed by atoms with Gasteiger partial charge in [-0.05, 0) is 74.6 Å². The van der Waals surface area contributed by atoms with E-state index in [4.69, 9.17) is 16.9 Å². The first kappa shape index (κ1) is 24.4. The van der Waals surface area contributed by atoms with Crippen LogP contribution in [0.3, 0.4) is 0 Å². The van der Waals surface area contributed by atoms with Crippen LogP contribution in [-0.2, 0) is 13.0 Å². The number of aryl methyl sites for hydroxylation is 1. The first-order valence-electron chi connectivity index (χ1n) is 11.3. The largest absolute Gasteiger partial charge is 0.299 e. The van der Waals surface area contributed by atoms with Crippen molar-refractivity contribution in [2.45, 2.75) is 82.7 Å². The summed E-state index contributed by atoms with van der Waals surface area (Å²) >= 11 is 6.25. The Kier molecular flexibility index (Phi) is 11.0. The van der Waals surface area contributed by atoms with E-state index in [9.17, 15) is 0 Å². The van der Waals surface area contributed by atoms with Crippen LogP contribution >= 0.6 is 11.6 Å². The topological polar surface area (TPSA) is 27.0 Å². The molecule has 0 saturated heterocycles. The van der Waals surface area contributed by atoms with Gasteiger partial charge in [0.25, 0.3) is 0 Å². The summed E-state index contributed by atoms with van der Waals surface area (Å²) in [6.45, 7) is 4.77. The maximum Gasteiger partial charge on any atom is 0.0587 e. The molecule has 0 aliphatic heterocycles. The highest BCUT2D eigenvalue weighted by Crippen LogP contribution is 2.35. The third-order valence-corrected chi connectivity index (χ3v) is 6.68. The van der Waals surface area contributed by atoms with E-state index in [0.717, 1.165) is 18.9 Å². The minimum atomic E-state index is 0.402. The Balaban J connectivity index is 0.00000101. The second-order valence-corrected chi connectivity index (χ2v) is 9.03. The Morgan fingerprint density at radius 1 is 1.00 bits per heavy atom. The normalized spacial score (nSPS) is 19.5. The molecule has 0 aromatic heterocycles. The van der Waals surface area contributed by atoms with Gasteiger partial charge in [-0.3, -0.25) is 4.90 Å². The molecule has 3 heteroatoms. The molecule has 0 radical (unpaired) electrons. The highest BCUT2D eigenvalue weighted by molar-refractivity contribution is 6.20. The third-order valence-electron chi connectivity index (χ3n) is 6.24. The van der Waals surface area contributed by atoms with Gasteiger partial charge in [0.1, 0.15) is 0 Å². The van der Waals surface area contributed by atoms with E-state index < -0.39 is 0 Å². The lowest BCUT2D eigenvalue weighted by molar-refractivity contribution is 0.216. The summed E-state index contributed by atoms with van der Waals surface area (Å²) in [5.41, 5.74) is 4.38. The average molecular weight is 425 g/mol. The second-order valence-electron chi connectivity index (χ2n) is 8.42. The lowest BCUT2D eigenvalue weighted by Crippen LogP contribution is -2.31. The summed E-state index contributed by atoms with van der Waals surface area (Å²) < 4.78 is 0. The Bertz CT molecular complexity index is 743. The van der Waals surface area contributed by atoms with Gasteiger partial charge in [-0.25, -0.2) is 0 Å². The van der Waals surface area contributed by atoms with Crippen molar-refractivity contribution in [1.29, 1.82) is 5.26 Å². The lowest BCUT2D eigenvalue weighted by Gasteiger charge is -2.27. The van der Waals surface area contributed by atoms with Crippen LogP contribution in [0.2, 0.25) is 0 Å². The fourth-order valence-electron chi connectivity index (χ4n) is 4.41. The summed E-state index contributed by atoms with van der Waals surface area (Å²) in [6, 6.07) is 22.6. The van der Waals surface area contributed by atoms with E-state index in [2.05, 4.69) is 73.5 Å². The molecule has 2 nitrogen and oxygen atoms in total. The molecule has 0 N–H and O–H groups in total. The molecule has 162 valence electrons. The van der Waals surface area contributed by atoms with Crippen molar-refractivity contribution in [2.75, 3.05) is 7.05 Å². The molecule has 0 spiro atoms. The van der Waals surface area contributed by atoms with E-state index in [-0.39, 0.29) is 0 Å². The zero-order chi connectivity index (χ0) is 21.8. The second kappa shape index (κ2) is 13.5. The molecule has 1 atom stereocenters. The van der Waals surface area contributed by atoms with Crippen molar-refractivity contribution >= 4 is 11.6 Å². The van der Waals surface area contributed by atoms with Gasteiger partial charge >= 0.3 is 0 Å². The molecule has 2 aromatic carbocycles. The molecule has 0 amide bonds. The predicted molar refractivity (Wildman–Crippen MR) is 129 cm³/mol. The number of hydrogen-bond acceptors (Lipinski definition) is 2. The SMILES string of the molecule is CC#N.CCC(CCc1ccc(C2CCC(Cl)CC2)cc1)N(C)Cc1ccccc1. The zero-order valence-electron chi connectivity index (χ0n) is 18.9. The number of hydrogen-bond donors (Lipinski definition) is 0. The van der Waals surface area contributed by atoms with Gasteiger partial charge in [-0.15, -0.1) is 11.6 Å². The molecule has 1 aliphatic rings. The number of rotatable bonds is 8. The van der Waals surface area contributed by atoms with E-state index in [1.807, 2.05) is 0 Å². The molecule has 1 fully saturated rings. The van der Waals surface area contributed by atoms with Crippen LogP contribution in [-0.4, -0.2) is 23.4 Å². The summed E-state index contributed by atoms with van der Waals surface area (Å²) in [5.74, 6) is 0.717. The Hall–Kier alpha value is -1.82. The fraction of sp³-hybridized carbons (Fsp3) is 0.519. The van der Waals surface area contributed by atoms with Crippen LogP contribution in [0.25, 0.3) is 0 Å². The minimum absolute atomic E-state index is 0.402. The predicted octanol–water partition coefficient (Wildman–Crippen LogP) is 7.32. The van der Waals surface area contributed by atoms with Gasteiger partial charge < -0.3 is 0 Å². The van der Waals surface area contributed by atoms with Gasteiger partial charge in [0.15, 0.2) is 0 Å². The molecule has 0 bridgehead atoms. The zero-order valence-corrected chi connectivity index (χ0v) is 19.6. The molecule has 30 heavy (non-hydrogen) atoms. The van der Waals surface area contributed by atoms with Crippen molar-refractivity contribution in [3.8, 4) is 6.07 Å². The summed E-state index contributed by atoms with van der Waals surface area (Å²) in [7, 11) is 2.26. The van der Waals surface area contributed by atoms with Crippen LogP contribution in [0, 0.1) is 11.3 Å². The average Bonchev–Trinajstić information content (AvgIpc) is 2.76. The van der Waals surface area contributed by atoms with Crippen molar-refractivity contribution in [1.82, 2.24) is 4.90 Å². The fourth-order valence-corrected chi connectivity index (χ4v) is 4.66. The minimum Gasteiger partial charge on any atom is -0.299 e. The summed E-state index contributed by atoms with van der Waals surface area (Å²) in [6.07, 6.45) is 8.40. The summed E-state index contributed by atoms with van der Waals surface area (Å²) in [4.78, 5) is 2.51. The van der Waals surface area contributed by atoms with Gasteiger partial charge in [0, 0.05) is 24.9 Å². The smallest absolute Gasteiger partial charge is 0.0587 e. The highest BCUT2D eigenvalue weighted by atomic mass is 35.5. The van der Waals surface area contributed by atoms with E-state index in [1.165, 1.54) is 62.1 Å². The standard InChI is InChI=1S/C25H34ClN.C2H3N/c1-3-25(27(2)19-21-7-5-4-6-8-21)18-11-20-9-12-22(13-10-20)23-14-16-24(26)17-15-23;1-2-3/h4-10,12-13,23-25H,3,11,14-19H2,1-2H3;1H3. The number of nitrogens with zero attached hydrogens (tertiary/aromatic N) is 2. The Labute approximate surface area is 188 Å². The molecule has 0 heterocycles. The number of alkyl halides is 1. The van der Waals surface area contributed by atoms with Gasteiger partial charge in [0.2, 0.25) is 0 Å². The van der Waals surface area contributed by atoms with E-state index in [0.29, 0.717) is 11.4 Å². The number of halogens is 1. The van der Waals surface area contributed by atoms with E-state index in [1.54, 1.807) is 6.07 Å². The van der Waals surface area contributed by atoms with Crippen molar-refractivity contribution in [3.63, 3.8) is 0 Å². The van der Waals surface area contributed by atoms with E-state index >= 15 is 0 Å². The van der Waals surface area contributed by atoms with Gasteiger partial charge in [-0.1, -0.05) is 61.5 Å². The molecule has 2 aromatic rings. The lowest BCUT2D eigenvalue weighted by atomic mass is 9.83. The third kappa shape index (κ3) is 8.13. The van der Waals surface area contributed by atoms with Crippen LogP contribution in [0.5, 0.6) is 0 Å². The number of benzene rings is 2. The van der Waals surface area contributed by atoms with Crippen molar-refractivity contribution in [3.05, 3.63) is 71.3 Å². The van der Waals surface area contributed by atoms with Crippen LogP contribution < -0.4 is 0 Å².